The number of hydrogen-bond acceptors (Lipinski definition) is 4. The fraction of sp³-hybridized carbons (Fsp3) is 0.500. The van der Waals surface area contributed by atoms with Gasteiger partial charge in [0.2, 0.25) is 0 Å². The Morgan fingerprint density at radius 2 is 2.40 bits per heavy atom. The van der Waals surface area contributed by atoms with Gasteiger partial charge in [-0.25, -0.2) is 0 Å². The second-order valence-electron chi connectivity index (χ2n) is 3.32. The molecule has 15 heavy (non-hydrogen) atoms. The van der Waals surface area contributed by atoms with Crippen LogP contribution in [0.2, 0.25) is 0 Å². The number of pyridine rings is 1. The third kappa shape index (κ3) is 4.70. The normalized spacial score (nSPS) is 12.7. The van der Waals surface area contributed by atoms with Crippen LogP contribution in [0.3, 0.4) is 0 Å². The van der Waals surface area contributed by atoms with Crippen LogP contribution in [0.1, 0.15) is 12.1 Å². The Labute approximate surface area is 98.3 Å². The highest BCUT2D eigenvalue weighted by Gasteiger charge is 2.07. The van der Waals surface area contributed by atoms with E-state index in [1.165, 1.54) is 0 Å². The summed E-state index contributed by atoms with van der Waals surface area (Å²) in [7, 11) is 1.69. The first-order valence-corrected chi connectivity index (χ1v) is 5.61. The van der Waals surface area contributed by atoms with Crippen molar-refractivity contribution in [1.29, 1.82) is 0 Å². The first kappa shape index (κ1) is 12.6. The maximum Gasteiger partial charge on any atom is 0.0477 e. The molecule has 0 aliphatic carbocycles. The molecule has 1 aromatic rings. The zero-order valence-electron chi connectivity index (χ0n) is 8.74. The molecule has 4 nitrogen and oxygen atoms in total. The van der Waals surface area contributed by atoms with Crippen LogP contribution in [-0.4, -0.2) is 24.7 Å². The van der Waals surface area contributed by atoms with Crippen LogP contribution in [0.25, 0.3) is 0 Å². The summed E-state index contributed by atoms with van der Waals surface area (Å²) in [6, 6.07) is 4.17. The number of hydrazine groups is 1. The minimum atomic E-state index is 0.207. The van der Waals surface area contributed by atoms with Crippen molar-refractivity contribution in [3.8, 4) is 0 Å². The molecule has 0 amide bonds. The summed E-state index contributed by atoms with van der Waals surface area (Å²) < 4.78 is 5.99. The van der Waals surface area contributed by atoms with E-state index in [4.69, 9.17) is 10.6 Å². The van der Waals surface area contributed by atoms with Gasteiger partial charge in [-0.3, -0.25) is 16.3 Å². The molecule has 0 spiro atoms. The Hall–Kier alpha value is -0.490. The van der Waals surface area contributed by atoms with Crippen molar-refractivity contribution in [1.82, 2.24) is 10.4 Å². The highest BCUT2D eigenvalue weighted by atomic mass is 79.9. The SMILES string of the molecule is COCCC(Cc1ccc(Br)cn1)NN. The molecule has 1 atom stereocenters. The van der Waals surface area contributed by atoms with Crippen LogP contribution < -0.4 is 11.3 Å². The zero-order valence-corrected chi connectivity index (χ0v) is 10.3. The van der Waals surface area contributed by atoms with Gasteiger partial charge in [-0.15, -0.1) is 0 Å². The molecule has 0 saturated carbocycles. The number of aromatic nitrogens is 1. The maximum absolute atomic E-state index is 5.45. The lowest BCUT2D eigenvalue weighted by Crippen LogP contribution is -2.37. The van der Waals surface area contributed by atoms with Gasteiger partial charge in [-0.2, -0.15) is 0 Å². The molecule has 0 aliphatic rings. The first-order valence-electron chi connectivity index (χ1n) is 4.81. The lowest BCUT2D eigenvalue weighted by atomic mass is 10.1. The van der Waals surface area contributed by atoms with Crippen molar-refractivity contribution in [2.45, 2.75) is 18.9 Å². The summed E-state index contributed by atoms with van der Waals surface area (Å²) in [4.78, 5) is 4.29. The van der Waals surface area contributed by atoms with Crippen molar-refractivity contribution in [3.63, 3.8) is 0 Å². The molecule has 1 heterocycles. The number of methoxy groups -OCH3 is 1. The molecule has 0 aromatic carbocycles. The van der Waals surface area contributed by atoms with E-state index in [-0.39, 0.29) is 6.04 Å². The van der Waals surface area contributed by atoms with Gasteiger partial charge < -0.3 is 4.74 Å². The van der Waals surface area contributed by atoms with Gasteiger partial charge in [0.15, 0.2) is 0 Å². The topological polar surface area (TPSA) is 60.2 Å². The Bertz CT molecular complexity index is 279. The summed E-state index contributed by atoms with van der Waals surface area (Å²) in [5.74, 6) is 5.45. The maximum atomic E-state index is 5.45. The van der Waals surface area contributed by atoms with E-state index < -0.39 is 0 Å². The smallest absolute Gasteiger partial charge is 0.0477 e. The molecule has 1 rings (SSSR count). The number of nitrogens with zero attached hydrogens (tertiary/aromatic N) is 1. The third-order valence-electron chi connectivity index (χ3n) is 2.15. The zero-order chi connectivity index (χ0) is 11.1. The summed E-state index contributed by atoms with van der Waals surface area (Å²) in [6.45, 7) is 0.700. The van der Waals surface area contributed by atoms with Gasteiger partial charge in [0.05, 0.1) is 0 Å². The molecule has 0 saturated heterocycles. The molecule has 84 valence electrons. The Kier molecular flexibility index (Phi) is 5.78. The van der Waals surface area contributed by atoms with E-state index in [0.29, 0.717) is 6.61 Å². The van der Waals surface area contributed by atoms with Crippen LogP contribution in [0.5, 0.6) is 0 Å². The molecule has 1 unspecified atom stereocenters. The lowest BCUT2D eigenvalue weighted by molar-refractivity contribution is 0.182. The average Bonchev–Trinajstić information content (AvgIpc) is 2.27. The lowest BCUT2D eigenvalue weighted by Gasteiger charge is -2.14. The fourth-order valence-corrected chi connectivity index (χ4v) is 1.52. The van der Waals surface area contributed by atoms with E-state index in [1.807, 2.05) is 12.1 Å². The second kappa shape index (κ2) is 6.90. The average molecular weight is 274 g/mol. The second-order valence-corrected chi connectivity index (χ2v) is 4.23. The Morgan fingerprint density at radius 1 is 1.60 bits per heavy atom. The van der Waals surface area contributed by atoms with E-state index in [0.717, 1.165) is 23.0 Å². The van der Waals surface area contributed by atoms with E-state index in [9.17, 15) is 0 Å². The molecular formula is C10H16BrN3O. The van der Waals surface area contributed by atoms with E-state index in [2.05, 4.69) is 26.3 Å². The van der Waals surface area contributed by atoms with Crippen molar-refractivity contribution >= 4 is 15.9 Å². The third-order valence-corrected chi connectivity index (χ3v) is 2.62. The van der Waals surface area contributed by atoms with Gasteiger partial charge in [-0.1, -0.05) is 0 Å². The van der Waals surface area contributed by atoms with Gasteiger partial charge in [0.1, 0.15) is 0 Å². The van der Waals surface area contributed by atoms with Gasteiger partial charge in [0, 0.05) is 42.5 Å². The van der Waals surface area contributed by atoms with Crippen molar-refractivity contribution in [2.24, 2.45) is 5.84 Å². The first-order chi connectivity index (χ1) is 7.26. The molecule has 1 aromatic heterocycles. The number of hydrogen-bond donors (Lipinski definition) is 2. The molecule has 5 heteroatoms. The minimum Gasteiger partial charge on any atom is -0.385 e. The Balaban J connectivity index is 2.47. The Morgan fingerprint density at radius 3 is 2.93 bits per heavy atom. The van der Waals surface area contributed by atoms with E-state index in [1.54, 1.807) is 13.3 Å². The van der Waals surface area contributed by atoms with Crippen LogP contribution in [0, 0.1) is 0 Å². The summed E-state index contributed by atoms with van der Waals surface area (Å²) in [5.41, 5.74) is 3.79. The van der Waals surface area contributed by atoms with Crippen molar-refractivity contribution in [2.75, 3.05) is 13.7 Å². The molecule has 3 N–H and O–H groups in total. The van der Waals surface area contributed by atoms with Crippen LogP contribution in [0.4, 0.5) is 0 Å². The fourth-order valence-electron chi connectivity index (χ4n) is 1.28. The predicted molar refractivity (Wildman–Crippen MR) is 63.2 cm³/mol. The minimum absolute atomic E-state index is 0.207. The summed E-state index contributed by atoms with van der Waals surface area (Å²) in [5, 5.41) is 0. The number of halogens is 1. The number of rotatable bonds is 6. The van der Waals surface area contributed by atoms with Crippen LogP contribution in [-0.2, 0) is 11.2 Å². The molecule has 0 radical (unpaired) electrons. The van der Waals surface area contributed by atoms with Crippen molar-refractivity contribution in [3.05, 3.63) is 28.5 Å². The van der Waals surface area contributed by atoms with Crippen LogP contribution in [0.15, 0.2) is 22.8 Å². The highest BCUT2D eigenvalue weighted by molar-refractivity contribution is 9.10. The highest BCUT2D eigenvalue weighted by Crippen LogP contribution is 2.09. The van der Waals surface area contributed by atoms with Gasteiger partial charge in [-0.05, 0) is 34.5 Å². The summed E-state index contributed by atoms with van der Waals surface area (Å²) >= 11 is 3.35. The summed E-state index contributed by atoms with van der Waals surface area (Å²) in [6.07, 6.45) is 3.48. The molecular weight excluding hydrogens is 258 g/mol. The number of nitrogens with one attached hydrogen (secondary N) is 1. The van der Waals surface area contributed by atoms with E-state index >= 15 is 0 Å². The number of ether oxygens (including phenoxy) is 1. The quantitative estimate of drug-likeness (QED) is 0.605. The van der Waals surface area contributed by atoms with Gasteiger partial charge in [0.25, 0.3) is 0 Å². The standard InChI is InChI=1S/C10H16BrN3O/c1-15-5-4-10(14-12)6-9-3-2-8(11)7-13-9/h2-3,7,10,14H,4-6,12H2,1H3. The number of nitrogens with two attached hydrogens (primary N) is 1. The monoisotopic (exact) mass is 273 g/mol. The van der Waals surface area contributed by atoms with Crippen LogP contribution >= 0.6 is 15.9 Å². The molecule has 0 aliphatic heterocycles. The molecule has 0 fully saturated rings. The predicted octanol–water partition coefficient (Wildman–Crippen LogP) is 1.25. The largest absolute Gasteiger partial charge is 0.385 e. The van der Waals surface area contributed by atoms with Crippen molar-refractivity contribution < 1.29 is 4.74 Å². The van der Waals surface area contributed by atoms with Gasteiger partial charge >= 0.3 is 0 Å². The molecule has 0 bridgehead atoms.